The van der Waals surface area contributed by atoms with Gasteiger partial charge in [-0.25, -0.2) is 4.98 Å². The molecule has 1 aliphatic heterocycles. The first-order valence-corrected chi connectivity index (χ1v) is 8.22. The van der Waals surface area contributed by atoms with Crippen molar-refractivity contribution >= 4 is 11.0 Å². The second kappa shape index (κ2) is 5.51. The minimum absolute atomic E-state index is 0.0406. The third-order valence-electron chi connectivity index (χ3n) is 4.30. The minimum atomic E-state index is -0.0406. The molecule has 0 radical (unpaired) electrons. The quantitative estimate of drug-likeness (QED) is 0.739. The van der Waals surface area contributed by atoms with Crippen molar-refractivity contribution < 1.29 is 9.47 Å². The molecule has 1 aliphatic rings. The molecule has 0 amide bonds. The summed E-state index contributed by atoms with van der Waals surface area (Å²) in [6.45, 7) is 7.71. The molecular weight excluding hydrogens is 302 g/mol. The van der Waals surface area contributed by atoms with E-state index in [-0.39, 0.29) is 11.5 Å². The van der Waals surface area contributed by atoms with Crippen LogP contribution in [0.2, 0.25) is 0 Å². The van der Waals surface area contributed by atoms with Crippen LogP contribution in [0.4, 0.5) is 0 Å². The second-order valence-electron chi connectivity index (χ2n) is 7.18. The molecule has 0 unspecified atom stereocenters. The molecule has 5 heteroatoms. The summed E-state index contributed by atoms with van der Waals surface area (Å²) in [5, 5.41) is 0. The van der Waals surface area contributed by atoms with Crippen LogP contribution < -0.4 is 9.47 Å². The third kappa shape index (κ3) is 2.70. The Morgan fingerprint density at radius 3 is 2.79 bits per heavy atom. The van der Waals surface area contributed by atoms with Crippen LogP contribution in [0.5, 0.6) is 11.9 Å². The fourth-order valence-corrected chi connectivity index (χ4v) is 2.88. The summed E-state index contributed by atoms with van der Waals surface area (Å²) in [7, 11) is 0. The smallest absolute Gasteiger partial charge is 0.297 e. The first-order chi connectivity index (χ1) is 11.5. The number of hydrogen-bond donors (Lipinski definition) is 0. The fourth-order valence-electron chi connectivity index (χ4n) is 2.88. The number of aromatic nitrogens is 3. The third-order valence-corrected chi connectivity index (χ3v) is 4.30. The highest BCUT2D eigenvalue weighted by Crippen LogP contribution is 2.28. The van der Waals surface area contributed by atoms with Gasteiger partial charge in [-0.05, 0) is 23.1 Å². The van der Waals surface area contributed by atoms with Gasteiger partial charge in [0.15, 0.2) is 6.10 Å². The molecule has 0 fully saturated rings. The van der Waals surface area contributed by atoms with Crippen LogP contribution in [0.3, 0.4) is 0 Å². The number of imidazole rings is 1. The average Bonchev–Trinajstić information content (AvgIpc) is 3.10. The summed E-state index contributed by atoms with van der Waals surface area (Å²) in [6, 6.07) is 12.7. The summed E-state index contributed by atoms with van der Waals surface area (Å²) >= 11 is 0. The Labute approximate surface area is 141 Å². The van der Waals surface area contributed by atoms with Gasteiger partial charge >= 0.3 is 0 Å². The highest BCUT2D eigenvalue weighted by molar-refractivity contribution is 5.76. The molecule has 0 spiro atoms. The number of fused-ring (bicyclic) bond motifs is 3. The summed E-state index contributed by atoms with van der Waals surface area (Å²) in [5.41, 5.74) is 3.35. The first-order valence-electron chi connectivity index (χ1n) is 8.22. The molecule has 0 saturated carbocycles. The van der Waals surface area contributed by atoms with Crippen LogP contribution in [0.25, 0.3) is 11.0 Å². The second-order valence-corrected chi connectivity index (χ2v) is 7.18. The highest BCUT2D eigenvalue weighted by atomic mass is 16.6. The number of ether oxygens (including phenoxy) is 2. The molecule has 0 saturated heterocycles. The number of rotatable bonds is 3. The van der Waals surface area contributed by atoms with Crippen LogP contribution in [0.15, 0.2) is 42.6 Å². The lowest BCUT2D eigenvalue weighted by molar-refractivity contribution is 0.140. The van der Waals surface area contributed by atoms with E-state index in [1.165, 1.54) is 5.56 Å². The van der Waals surface area contributed by atoms with Crippen LogP contribution in [-0.2, 0) is 12.0 Å². The van der Waals surface area contributed by atoms with E-state index in [4.69, 9.17) is 9.47 Å². The predicted molar refractivity (Wildman–Crippen MR) is 92.6 cm³/mol. The topological polar surface area (TPSA) is 49.2 Å². The number of benzene rings is 1. The minimum Gasteiger partial charge on any atom is -0.474 e. The van der Waals surface area contributed by atoms with E-state index in [0.29, 0.717) is 18.5 Å². The van der Waals surface area contributed by atoms with Crippen LogP contribution >= 0.6 is 0 Å². The van der Waals surface area contributed by atoms with Crippen molar-refractivity contribution in [2.45, 2.75) is 38.8 Å². The molecule has 0 N–H and O–H groups in total. The van der Waals surface area contributed by atoms with Gasteiger partial charge in [0.1, 0.15) is 6.61 Å². The highest BCUT2D eigenvalue weighted by Gasteiger charge is 2.27. The molecule has 1 aromatic carbocycles. The normalized spacial score (nSPS) is 16.9. The Morgan fingerprint density at radius 2 is 2.04 bits per heavy atom. The molecule has 5 nitrogen and oxygen atoms in total. The van der Waals surface area contributed by atoms with Gasteiger partial charge in [0.25, 0.3) is 6.01 Å². The summed E-state index contributed by atoms with van der Waals surface area (Å²) < 4.78 is 13.8. The standard InChI is InChI=1S/C19H21N3O2/c1-19(2,3)13-8-9-17(20-10-13)23-12-14-11-22-16-7-5-4-6-15(16)21-18(22)24-14/h4-10,14H,11-12H2,1-3H3/t14-/m0/s1. The zero-order valence-corrected chi connectivity index (χ0v) is 14.2. The molecule has 124 valence electrons. The van der Waals surface area contributed by atoms with Gasteiger partial charge in [0.2, 0.25) is 5.88 Å². The van der Waals surface area contributed by atoms with Crippen molar-refractivity contribution in [3.05, 3.63) is 48.2 Å². The van der Waals surface area contributed by atoms with Crippen LogP contribution in [0, 0.1) is 0 Å². The van der Waals surface area contributed by atoms with E-state index in [2.05, 4.69) is 47.4 Å². The number of hydrogen-bond acceptors (Lipinski definition) is 4. The van der Waals surface area contributed by atoms with Gasteiger partial charge in [0.05, 0.1) is 17.6 Å². The fraction of sp³-hybridized carbons (Fsp3) is 0.368. The van der Waals surface area contributed by atoms with E-state index in [1.807, 2.05) is 30.5 Å². The molecule has 3 heterocycles. The van der Waals surface area contributed by atoms with Gasteiger partial charge in [-0.15, -0.1) is 0 Å². The molecule has 4 rings (SSSR count). The monoisotopic (exact) mass is 323 g/mol. The molecular formula is C19H21N3O2. The van der Waals surface area contributed by atoms with E-state index in [0.717, 1.165) is 17.6 Å². The predicted octanol–water partition coefficient (Wildman–Crippen LogP) is 3.57. The lowest BCUT2D eigenvalue weighted by Crippen LogP contribution is -2.24. The zero-order chi connectivity index (χ0) is 16.7. The van der Waals surface area contributed by atoms with E-state index < -0.39 is 0 Å². The Balaban J connectivity index is 1.40. The van der Waals surface area contributed by atoms with E-state index in [9.17, 15) is 0 Å². The van der Waals surface area contributed by atoms with Crippen LogP contribution in [0.1, 0.15) is 26.3 Å². The lowest BCUT2D eigenvalue weighted by atomic mass is 9.88. The van der Waals surface area contributed by atoms with Crippen molar-refractivity contribution in [3.8, 4) is 11.9 Å². The molecule has 0 bridgehead atoms. The van der Waals surface area contributed by atoms with Gasteiger partial charge in [-0.3, -0.25) is 4.57 Å². The number of pyridine rings is 1. The zero-order valence-electron chi connectivity index (χ0n) is 14.2. The summed E-state index contributed by atoms with van der Waals surface area (Å²) in [4.78, 5) is 8.90. The average molecular weight is 323 g/mol. The summed E-state index contributed by atoms with van der Waals surface area (Å²) in [6.07, 6.45) is 1.84. The van der Waals surface area contributed by atoms with E-state index >= 15 is 0 Å². The Hall–Kier alpha value is -2.56. The van der Waals surface area contributed by atoms with Gasteiger partial charge in [0, 0.05) is 12.3 Å². The Bertz CT molecular complexity index is 862. The molecule has 2 aromatic heterocycles. The van der Waals surface area contributed by atoms with Crippen molar-refractivity contribution in [3.63, 3.8) is 0 Å². The maximum absolute atomic E-state index is 5.89. The molecule has 1 atom stereocenters. The Kier molecular flexibility index (Phi) is 3.44. The van der Waals surface area contributed by atoms with Gasteiger partial charge in [-0.2, -0.15) is 4.98 Å². The van der Waals surface area contributed by atoms with Crippen LogP contribution in [-0.4, -0.2) is 27.2 Å². The molecule has 0 aliphatic carbocycles. The maximum Gasteiger partial charge on any atom is 0.297 e. The number of para-hydroxylation sites is 2. The SMILES string of the molecule is CC(C)(C)c1ccc(OC[C@@H]2Cn3c(nc4ccccc43)O2)nc1. The first kappa shape index (κ1) is 15.0. The van der Waals surface area contributed by atoms with Crippen molar-refractivity contribution in [1.29, 1.82) is 0 Å². The van der Waals surface area contributed by atoms with Gasteiger partial charge < -0.3 is 9.47 Å². The molecule has 24 heavy (non-hydrogen) atoms. The maximum atomic E-state index is 5.89. The van der Waals surface area contributed by atoms with Crippen molar-refractivity contribution in [2.75, 3.05) is 6.61 Å². The van der Waals surface area contributed by atoms with Crippen molar-refractivity contribution in [1.82, 2.24) is 14.5 Å². The largest absolute Gasteiger partial charge is 0.474 e. The summed E-state index contributed by atoms with van der Waals surface area (Å²) in [5.74, 6) is 0.626. The van der Waals surface area contributed by atoms with Crippen molar-refractivity contribution in [2.24, 2.45) is 0 Å². The van der Waals surface area contributed by atoms with Gasteiger partial charge in [-0.1, -0.05) is 39.0 Å². The molecule has 3 aromatic rings. The van der Waals surface area contributed by atoms with E-state index in [1.54, 1.807) is 0 Å². The lowest BCUT2D eigenvalue weighted by Gasteiger charge is -2.18. The number of nitrogens with zero attached hydrogens (tertiary/aromatic N) is 3. The Morgan fingerprint density at radius 1 is 1.21 bits per heavy atom.